The Hall–Kier alpha value is -0.0800. The van der Waals surface area contributed by atoms with Crippen LogP contribution in [0, 0.1) is 16.7 Å². The van der Waals surface area contributed by atoms with Gasteiger partial charge in [-0.15, -0.1) is 0 Å². The van der Waals surface area contributed by atoms with Crippen molar-refractivity contribution in [3.63, 3.8) is 0 Å². The molecular formula is C14H27NO. The molecule has 2 heteroatoms. The van der Waals surface area contributed by atoms with E-state index in [0.29, 0.717) is 29.5 Å². The van der Waals surface area contributed by atoms with E-state index in [1.54, 1.807) is 0 Å². The molecule has 2 rings (SSSR count). The summed E-state index contributed by atoms with van der Waals surface area (Å²) in [6.45, 7) is 9.85. The maximum Gasteiger partial charge on any atom is 0.0445 e. The van der Waals surface area contributed by atoms with E-state index < -0.39 is 0 Å². The molecule has 4 atom stereocenters. The Morgan fingerprint density at radius 3 is 2.50 bits per heavy atom. The molecule has 2 N–H and O–H groups in total. The number of hydrogen-bond acceptors (Lipinski definition) is 2. The lowest BCUT2D eigenvalue weighted by molar-refractivity contribution is 0.113. The second-order valence-corrected chi connectivity index (χ2v) is 6.74. The largest absolute Gasteiger partial charge is 0.396 e. The van der Waals surface area contributed by atoms with Gasteiger partial charge < -0.3 is 10.4 Å². The summed E-state index contributed by atoms with van der Waals surface area (Å²) in [5, 5.41) is 12.7. The molecule has 2 aliphatic rings. The molecule has 0 aromatic heterocycles. The summed E-state index contributed by atoms with van der Waals surface area (Å²) in [6.07, 6.45) is 4.99. The van der Waals surface area contributed by atoms with Crippen molar-refractivity contribution in [1.29, 1.82) is 0 Å². The molecule has 0 heterocycles. The predicted octanol–water partition coefficient (Wildman–Crippen LogP) is 2.56. The molecule has 16 heavy (non-hydrogen) atoms. The lowest BCUT2D eigenvalue weighted by Gasteiger charge is -2.40. The van der Waals surface area contributed by atoms with Crippen molar-refractivity contribution in [3.05, 3.63) is 0 Å². The Kier molecular flexibility index (Phi) is 3.09. The molecule has 0 amide bonds. The van der Waals surface area contributed by atoms with Crippen molar-refractivity contribution in [2.24, 2.45) is 16.7 Å². The summed E-state index contributed by atoms with van der Waals surface area (Å²) in [4.78, 5) is 0. The normalized spacial score (nSPS) is 42.6. The first-order valence-electron chi connectivity index (χ1n) is 6.78. The van der Waals surface area contributed by atoms with E-state index >= 15 is 0 Å². The van der Waals surface area contributed by atoms with E-state index in [4.69, 9.17) is 5.11 Å². The topological polar surface area (TPSA) is 32.3 Å². The standard InChI is InChI=1S/C14H27NO/c1-10(6-8-16)15-12-9-11-5-7-14(12,4)13(11,2)3/h10-12,15-16H,5-9H2,1-4H3/t10?,11-,12?,14+/m0/s1. The van der Waals surface area contributed by atoms with Crippen LogP contribution in [0.25, 0.3) is 0 Å². The Balaban J connectivity index is 2.04. The fourth-order valence-corrected chi connectivity index (χ4v) is 4.08. The van der Waals surface area contributed by atoms with Crippen molar-refractivity contribution >= 4 is 0 Å². The van der Waals surface area contributed by atoms with Crippen LogP contribution in [0.15, 0.2) is 0 Å². The third-order valence-corrected chi connectivity index (χ3v) is 5.84. The van der Waals surface area contributed by atoms with Crippen LogP contribution in [0.5, 0.6) is 0 Å². The lowest BCUT2D eigenvalue weighted by Crippen LogP contribution is -2.47. The van der Waals surface area contributed by atoms with E-state index in [-0.39, 0.29) is 0 Å². The molecule has 2 nitrogen and oxygen atoms in total. The minimum atomic E-state index is 0.296. The van der Waals surface area contributed by atoms with Crippen molar-refractivity contribution in [1.82, 2.24) is 5.32 Å². The number of nitrogens with one attached hydrogen (secondary N) is 1. The first-order chi connectivity index (χ1) is 7.41. The highest BCUT2D eigenvalue weighted by atomic mass is 16.3. The average molecular weight is 225 g/mol. The number of rotatable bonds is 4. The quantitative estimate of drug-likeness (QED) is 0.770. The Labute approximate surface area is 99.8 Å². The molecule has 0 radical (unpaired) electrons. The van der Waals surface area contributed by atoms with Gasteiger partial charge in [-0.1, -0.05) is 20.8 Å². The fraction of sp³-hybridized carbons (Fsp3) is 1.00. The molecule has 0 saturated heterocycles. The predicted molar refractivity (Wildman–Crippen MR) is 67.3 cm³/mol. The zero-order valence-electron chi connectivity index (χ0n) is 11.2. The molecule has 0 spiro atoms. The number of aliphatic hydroxyl groups is 1. The third kappa shape index (κ3) is 1.62. The molecule has 0 aliphatic heterocycles. The van der Waals surface area contributed by atoms with Crippen molar-refractivity contribution in [2.75, 3.05) is 6.61 Å². The van der Waals surface area contributed by atoms with Crippen LogP contribution < -0.4 is 5.32 Å². The van der Waals surface area contributed by atoms with Crippen LogP contribution in [0.1, 0.15) is 53.4 Å². The Morgan fingerprint density at radius 2 is 2.06 bits per heavy atom. The SMILES string of the molecule is CC(CCO)NC1C[C@@H]2CC[C@@]1(C)C2(C)C. The Bertz CT molecular complexity index is 263. The molecular weight excluding hydrogens is 198 g/mol. The van der Waals surface area contributed by atoms with Crippen molar-refractivity contribution in [2.45, 2.75) is 65.5 Å². The molecule has 2 unspecified atom stereocenters. The van der Waals surface area contributed by atoms with E-state index in [1.807, 2.05) is 0 Å². The maximum atomic E-state index is 8.97. The molecule has 2 saturated carbocycles. The molecule has 2 fully saturated rings. The van der Waals surface area contributed by atoms with Gasteiger partial charge in [0.1, 0.15) is 0 Å². The molecule has 2 bridgehead atoms. The zero-order chi connectivity index (χ0) is 12.0. The van der Waals surface area contributed by atoms with Crippen LogP contribution in [0.3, 0.4) is 0 Å². The van der Waals surface area contributed by atoms with Crippen LogP contribution in [-0.4, -0.2) is 23.8 Å². The monoisotopic (exact) mass is 225 g/mol. The van der Waals surface area contributed by atoms with Gasteiger partial charge in [0, 0.05) is 18.7 Å². The second kappa shape index (κ2) is 3.99. The first-order valence-corrected chi connectivity index (χ1v) is 6.78. The van der Waals surface area contributed by atoms with E-state index in [1.165, 1.54) is 19.3 Å². The first kappa shape index (κ1) is 12.4. The van der Waals surface area contributed by atoms with Crippen LogP contribution in [-0.2, 0) is 0 Å². The molecule has 0 aromatic rings. The van der Waals surface area contributed by atoms with E-state index in [2.05, 4.69) is 33.0 Å². The van der Waals surface area contributed by atoms with E-state index in [9.17, 15) is 0 Å². The van der Waals surface area contributed by atoms with Gasteiger partial charge in [-0.25, -0.2) is 0 Å². The van der Waals surface area contributed by atoms with Crippen LogP contribution in [0.4, 0.5) is 0 Å². The molecule has 94 valence electrons. The summed E-state index contributed by atoms with van der Waals surface area (Å²) in [5.41, 5.74) is 0.949. The smallest absolute Gasteiger partial charge is 0.0445 e. The summed E-state index contributed by atoms with van der Waals surface area (Å²) in [6, 6.07) is 1.10. The van der Waals surface area contributed by atoms with Gasteiger partial charge in [0.05, 0.1) is 0 Å². The van der Waals surface area contributed by atoms with Crippen molar-refractivity contribution < 1.29 is 5.11 Å². The number of hydrogen-bond donors (Lipinski definition) is 2. The summed E-state index contributed by atoms with van der Waals surface area (Å²) in [5.74, 6) is 0.899. The third-order valence-electron chi connectivity index (χ3n) is 5.84. The van der Waals surface area contributed by atoms with Gasteiger partial charge in [-0.2, -0.15) is 0 Å². The highest BCUT2D eigenvalue weighted by Gasteiger charge is 2.61. The second-order valence-electron chi connectivity index (χ2n) is 6.74. The number of fused-ring (bicyclic) bond motifs is 2. The molecule has 2 aliphatic carbocycles. The fourth-order valence-electron chi connectivity index (χ4n) is 4.08. The van der Waals surface area contributed by atoms with Crippen molar-refractivity contribution in [3.8, 4) is 0 Å². The highest BCUT2D eigenvalue weighted by molar-refractivity contribution is 5.13. The minimum absolute atomic E-state index is 0.296. The summed E-state index contributed by atoms with van der Waals surface area (Å²) >= 11 is 0. The van der Waals surface area contributed by atoms with Gasteiger partial charge in [0.15, 0.2) is 0 Å². The van der Waals surface area contributed by atoms with Gasteiger partial charge in [-0.3, -0.25) is 0 Å². The summed E-state index contributed by atoms with van der Waals surface area (Å²) in [7, 11) is 0. The highest BCUT2D eigenvalue weighted by Crippen LogP contribution is 2.65. The zero-order valence-corrected chi connectivity index (χ0v) is 11.2. The van der Waals surface area contributed by atoms with Gasteiger partial charge in [0.2, 0.25) is 0 Å². The number of aliphatic hydroxyl groups excluding tert-OH is 1. The van der Waals surface area contributed by atoms with Gasteiger partial charge >= 0.3 is 0 Å². The van der Waals surface area contributed by atoms with Crippen LogP contribution in [0.2, 0.25) is 0 Å². The van der Waals surface area contributed by atoms with Gasteiger partial charge in [0.25, 0.3) is 0 Å². The average Bonchev–Trinajstić information content (AvgIpc) is 2.51. The van der Waals surface area contributed by atoms with Gasteiger partial charge in [-0.05, 0) is 49.4 Å². The molecule has 0 aromatic carbocycles. The minimum Gasteiger partial charge on any atom is -0.396 e. The lowest BCUT2D eigenvalue weighted by atomic mass is 9.69. The maximum absolute atomic E-state index is 8.97. The van der Waals surface area contributed by atoms with Crippen LogP contribution >= 0.6 is 0 Å². The Morgan fingerprint density at radius 1 is 1.38 bits per heavy atom. The summed E-state index contributed by atoms with van der Waals surface area (Å²) < 4.78 is 0. The van der Waals surface area contributed by atoms with E-state index in [0.717, 1.165) is 12.3 Å².